The molecule has 1 aromatic carbocycles. The fourth-order valence-electron chi connectivity index (χ4n) is 1.88. The fraction of sp³-hybridized carbons (Fsp3) is 0.571. The van der Waals surface area contributed by atoms with Crippen molar-refractivity contribution in [2.24, 2.45) is 0 Å². The molecule has 0 bridgehead atoms. The van der Waals surface area contributed by atoms with E-state index >= 15 is 0 Å². The van der Waals surface area contributed by atoms with Crippen LogP contribution in [0.25, 0.3) is 0 Å². The molecule has 4 heteroatoms. The molecule has 1 saturated heterocycles. The number of epoxide rings is 1. The number of halogens is 1. The lowest BCUT2D eigenvalue weighted by Gasteiger charge is -2.14. The van der Waals surface area contributed by atoms with Crippen molar-refractivity contribution in [1.29, 1.82) is 0 Å². The molecule has 18 heavy (non-hydrogen) atoms. The van der Waals surface area contributed by atoms with Crippen molar-refractivity contribution >= 4 is 15.9 Å². The van der Waals surface area contributed by atoms with Crippen molar-refractivity contribution in [2.75, 3.05) is 19.8 Å². The minimum absolute atomic E-state index is 0.449. The zero-order valence-corrected chi connectivity index (χ0v) is 12.5. The molecule has 100 valence electrons. The number of benzene rings is 1. The van der Waals surface area contributed by atoms with E-state index in [1.54, 1.807) is 0 Å². The second kappa shape index (κ2) is 6.43. The first-order valence-corrected chi connectivity index (χ1v) is 7.23. The van der Waals surface area contributed by atoms with Crippen LogP contribution in [-0.2, 0) is 11.2 Å². The fourth-order valence-corrected chi connectivity index (χ4v) is 2.38. The van der Waals surface area contributed by atoms with Gasteiger partial charge in [0, 0.05) is 6.07 Å². The Kier molecular flexibility index (Phi) is 4.89. The highest BCUT2D eigenvalue weighted by Crippen LogP contribution is 2.34. The van der Waals surface area contributed by atoms with Gasteiger partial charge in [-0.3, -0.25) is 0 Å². The minimum atomic E-state index is 0.449. The van der Waals surface area contributed by atoms with Gasteiger partial charge in [0.2, 0.25) is 0 Å². The molecule has 2 rings (SSSR count). The zero-order valence-electron chi connectivity index (χ0n) is 10.9. The van der Waals surface area contributed by atoms with Gasteiger partial charge in [-0.15, -0.1) is 0 Å². The molecular formula is C14H19BrO3. The predicted molar refractivity (Wildman–Crippen MR) is 74.5 cm³/mol. The molecule has 0 aromatic heterocycles. The molecule has 1 aromatic rings. The maximum Gasteiger partial charge on any atom is 0.137 e. The number of ether oxygens (including phenoxy) is 3. The standard InChI is InChI=1S/C14H19BrO3/c1-3-16-13-8-14(17-4-2)12(15)7-10(13)5-6-11-9-18-11/h7-8,11H,3-6,9H2,1-2H3. The van der Waals surface area contributed by atoms with Gasteiger partial charge in [0.15, 0.2) is 0 Å². The predicted octanol–water partition coefficient (Wildman–Crippen LogP) is 3.58. The van der Waals surface area contributed by atoms with E-state index in [1.807, 2.05) is 19.9 Å². The molecule has 1 heterocycles. The van der Waals surface area contributed by atoms with Gasteiger partial charge in [0.05, 0.1) is 30.4 Å². The normalized spacial score (nSPS) is 17.6. The lowest BCUT2D eigenvalue weighted by molar-refractivity contribution is 0.318. The lowest BCUT2D eigenvalue weighted by Crippen LogP contribution is -2.01. The van der Waals surface area contributed by atoms with Crippen molar-refractivity contribution in [3.05, 3.63) is 22.2 Å². The van der Waals surface area contributed by atoms with Crippen molar-refractivity contribution in [3.8, 4) is 11.5 Å². The third-order valence-electron chi connectivity index (χ3n) is 2.85. The highest BCUT2D eigenvalue weighted by atomic mass is 79.9. The Morgan fingerprint density at radius 2 is 1.89 bits per heavy atom. The van der Waals surface area contributed by atoms with Gasteiger partial charge in [0.1, 0.15) is 11.5 Å². The molecule has 0 amide bonds. The topological polar surface area (TPSA) is 31.0 Å². The van der Waals surface area contributed by atoms with Crippen LogP contribution in [0.4, 0.5) is 0 Å². The molecule has 0 saturated carbocycles. The van der Waals surface area contributed by atoms with Gasteiger partial charge < -0.3 is 14.2 Å². The zero-order chi connectivity index (χ0) is 13.0. The van der Waals surface area contributed by atoms with E-state index < -0.39 is 0 Å². The van der Waals surface area contributed by atoms with Gasteiger partial charge in [-0.1, -0.05) is 0 Å². The van der Waals surface area contributed by atoms with E-state index in [2.05, 4.69) is 22.0 Å². The van der Waals surface area contributed by atoms with Crippen LogP contribution in [0.5, 0.6) is 11.5 Å². The Bertz CT molecular complexity index is 402. The summed E-state index contributed by atoms with van der Waals surface area (Å²) in [6.45, 7) is 6.20. The highest BCUT2D eigenvalue weighted by Gasteiger charge is 2.22. The molecule has 0 spiro atoms. The molecule has 0 radical (unpaired) electrons. The average Bonchev–Trinajstić information content (AvgIpc) is 3.16. The van der Waals surface area contributed by atoms with Crippen molar-refractivity contribution in [3.63, 3.8) is 0 Å². The van der Waals surface area contributed by atoms with Gasteiger partial charge in [-0.05, 0) is 54.2 Å². The first kappa shape index (κ1) is 13.7. The van der Waals surface area contributed by atoms with Gasteiger partial charge >= 0.3 is 0 Å². The summed E-state index contributed by atoms with van der Waals surface area (Å²) in [7, 11) is 0. The number of hydrogen-bond donors (Lipinski definition) is 0. The number of hydrogen-bond acceptors (Lipinski definition) is 3. The summed E-state index contributed by atoms with van der Waals surface area (Å²) in [5.41, 5.74) is 1.21. The molecule has 1 aliphatic heterocycles. The molecule has 0 N–H and O–H groups in total. The Morgan fingerprint density at radius 3 is 2.50 bits per heavy atom. The second-order valence-electron chi connectivity index (χ2n) is 4.25. The monoisotopic (exact) mass is 314 g/mol. The first-order valence-electron chi connectivity index (χ1n) is 6.44. The maximum atomic E-state index is 5.69. The molecule has 1 atom stereocenters. The number of rotatable bonds is 7. The highest BCUT2D eigenvalue weighted by molar-refractivity contribution is 9.10. The average molecular weight is 315 g/mol. The largest absolute Gasteiger partial charge is 0.493 e. The van der Waals surface area contributed by atoms with E-state index in [9.17, 15) is 0 Å². The van der Waals surface area contributed by atoms with E-state index in [0.717, 1.165) is 35.4 Å². The summed E-state index contributed by atoms with van der Waals surface area (Å²) in [6.07, 6.45) is 2.48. The summed E-state index contributed by atoms with van der Waals surface area (Å²) >= 11 is 3.54. The van der Waals surface area contributed by atoms with E-state index in [-0.39, 0.29) is 0 Å². The summed E-state index contributed by atoms with van der Waals surface area (Å²) in [5.74, 6) is 1.76. The van der Waals surface area contributed by atoms with Crippen molar-refractivity contribution in [1.82, 2.24) is 0 Å². The Balaban J connectivity index is 2.15. The lowest BCUT2D eigenvalue weighted by atomic mass is 10.1. The molecule has 1 aliphatic rings. The van der Waals surface area contributed by atoms with Crippen LogP contribution in [0.15, 0.2) is 16.6 Å². The third-order valence-corrected chi connectivity index (χ3v) is 3.47. The van der Waals surface area contributed by atoms with Crippen LogP contribution >= 0.6 is 15.9 Å². The van der Waals surface area contributed by atoms with Crippen LogP contribution in [0, 0.1) is 0 Å². The van der Waals surface area contributed by atoms with E-state index in [4.69, 9.17) is 14.2 Å². The van der Waals surface area contributed by atoms with Crippen LogP contribution in [0.2, 0.25) is 0 Å². The smallest absolute Gasteiger partial charge is 0.137 e. The second-order valence-corrected chi connectivity index (χ2v) is 5.10. The summed E-state index contributed by atoms with van der Waals surface area (Å²) < 4.78 is 17.5. The van der Waals surface area contributed by atoms with E-state index in [1.165, 1.54) is 5.56 Å². The Hall–Kier alpha value is -0.740. The van der Waals surface area contributed by atoms with Gasteiger partial charge in [-0.2, -0.15) is 0 Å². The van der Waals surface area contributed by atoms with Gasteiger partial charge in [0.25, 0.3) is 0 Å². The van der Waals surface area contributed by atoms with Crippen LogP contribution in [0.3, 0.4) is 0 Å². The van der Waals surface area contributed by atoms with Gasteiger partial charge in [-0.25, -0.2) is 0 Å². The summed E-state index contributed by atoms with van der Waals surface area (Å²) in [5, 5.41) is 0. The van der Waals surface area contributed by atoms with Crippen molar-refractivity contribution < 1.29 is 14.2 Å². The molecule has 3 nitrogen and oxygen atoms in total. The van der Waals surface area contributed by atoms with Crippen LogP contribution < -0.4 is 9.47 Å². The van der Waals surface area contributed by atoms with E-state index in [0.29, 0.717) is 19.3 Å². The van der Waals surface area contributed by atoms with Crippen LogP contribution in [0.1, 0.15) is 25.8 Å². The third kappa shape index (κ3) is 3.62. The summed E-state index contributed by atoms with van der Waals surface area (Å²) in [6, 6.07) is 4.07. The molecule has 1 fully saturated rings. The first-order chi connectivity index (χ1) is 8.74. The Labute approximate surface area is 117 Å². The quantitative estimate of drug-likeness (QED) is 0.721. The van der Waals surface area contributed by atoms with Crippen LogP contribution in [-0.4, -0.2) is 25.9 Å². The maximum absolute atomic E-state index is 5.69. The molecule has 0 aliphatic carbocycles. The molecular weight excluding hydrogens is 296 g/mol. The van der Waals surface area contributed by atoms with Crippen molar-refractivity contribution in [2.45, 2.75) is 32.8 Å². The Morgan fingerprint density at radius 1 is 1.22 bits per heavy atom. The number of aryl methyl sites for hydroxylation is 1. The molecule has 1 unspecified atom stereocenters. The SMILES string of the molecule is CCOc1cc(OCC)c(CCC2CO2)cc1Br. The minimum Gasteiger partial charge on any atom is -0.493 e. The summed E-state index contributed by atoms with van der Waals surface area (Å²) in [4.78, 5) is 0.